The molecule has 0 aromatic carbocycles. The molecular weight excluding hydrogens is 250 g/mol. The van der Waals surface area contributed by atoms with Gasteiger partial charge in [0.15, 0.2) is 0 Å². The van der Waals surface area contributed by atoms with Crippen LogP contribution >= 0.6 is 11.6 Å². The second kappa shape index (κ2) is 5.10. The van der Waals surface area contributed by atoms with Crippen molar-refractivity contribution in [2.24, 2.45) is 0 Å². The largest absolute Gasteiger partial charge is 0.368 e. The van der Waals surface area contributed by atoms with Crippen LogP contribution in [0.3, 0.4) is 0 Å². The number of anilines is 1. The molecule has 2 N–H and O–H groups in total. The molecule has 18 heavy (non-hydrogen) atoms. The number of hydrogen-bond acceptors (Lipinski definition) is 5. The molecule has 0 saturated carbocycles. The van der Waals surface area contributed by atoms with E-state index in [-0.39, 0.29) is 11.2 Å². The normalized spacial score (nSPS) is 10.5. The first-order valence-electron chi connectivity index (χ1n) is 5.36. The van der Waals surface area contributed by atoms with Gasteiger partial charge >= 0.3 is 0 Å². The average Bonchev–Trinajstić information content (AvgIpc) is 2.31. The van der Waals surface area contributed by atoms with Gasteiger partial charge in [0, 0.05) is 12.8 Å². The van der Waals surface area contributed by atoms with Crippen LogP contribution in [0.1, 0.15) is 11.4 Å². The summed E-state index contributed by atoms with van der Waals surface area (Å²) in [5, 5.41) is 0.165. The Kier molecular flexibility index (Phi) is 3.53. The van der Waals surface area contributed by atoms with Crippen molar-refractivity contribution in [3.63, 3.8) is 0 Å². The minimum Gasteiger partial charge on any atom is -0.368 e. The number of rotatable bonds is 4. The standard InChI is InChI=1S/C12H12ClN5/c1-3-5-7-10-9(17-11(13)15-7)8(6-4-2)16-12(14)18-10/h3-4H,1-2,5-6H2,(H2,14,16,18). The lowest BCUT2D eigenvalue weighted by Gasteiger charge is -2.07. The molecule has 0 aliphatic heterocycles. The molecule has 0 fully saturated rings. The predicted octanol–water partition coefficient (Wildman–Crippen LogP) is 2.11. The molecule has 0 spiro atoms. The lowest BCUT2D eigenvalue weighted by atomic mass is 10.2. The van der Waals surface area contributed by atoms with Crippen molar-refractivity contribution in [2.45, 2.75) is 12.8 Å². The number of hydrogen-bond donors (Lipinski definition) is 1. The Morgan fingerprint density at radius 3 is 2.11 bits per heavy atom. The highest BCUT2D eigenvalue weighted by molar-refractivity contribution is 6.28. The number of fused-ring (bicyclic) bond motifs is 1. The van der Waals surface area contributed by atoms with Crippen molar-refractivity contribution < 1.29 is 0 Å². The Hall–Kier alpha value is -2.01. The third-order valence-electron chi connectivity index (χ3n) is 2.35. The molecule has 0 atom stereocenters. The van der Waals surface area contributed by atoms with Crippen LogP contribution in [0, 0.1) is 0 Å². The highest BCUT2D eigenvalue weighted by Gasteiger charge is 2.12. The fourth-order valence-corrected chi connectivity index (χ4v) is 1.87. The number of nitrogen functional groups attached to an aromatic ring is 1. The molecule has 0 amide bonds. The molecule has 2 aromatic rings. The van der Waals surface area contributed by atoms with E-state index >= 15 is 0 Å². The van der Waals surface area contributed by atoms with Gasteiger partial charge in [-0.1, -0.05) is 12.2 Å². The minimum absolute atomic E-state index is 0.165. The Labute approximate surface area is 109 Å². The first-order chi connectivity index (χ1) is 8.65. The third kappa shape index (κ3) is 2.31. The second-order valence-corrected chi connectivity index (χ2v) is 3.99. The van der Waals surface area contributed by atoms with Gasteiger partial charge in [0.2, 0.25) is 11.2 Å². The first-order valence-corrected chi connectivity index (χ1v) is 5.73. The maximum absolute atomic E-state index is 5.90. The van der Waals surface area contributed by atoms with Crippen LogP contribution in [0.4, 0.5) is 5.95 Å². The molecule has 6 heteroatoms. The van der Waals surface area contributed by atoms with Crippen LogP contribution in [0.5, 0.6) is 0 Å². The quantitative estimate of drug-likeness (QED) is 0.674. The molecule has 2 rings (SSSR count). The first kappa shape index (κ1) is 12.4. The Balaban J connectivity index is 2.79. The van der Waals surface area contributed by atoms with Gasteiger partial charge in [-0.15, -0.1) is 13.2 Å². The zero-order valence-corrected chi connectivity index (χ0v) is 10.5. The van der Waals surface area contributed by atoms with E-state index in [4.69, 9.17) is 17.3 Å². The SMILES string of the molecule is C=CCc1nc(Cl)nc2c(CC=C)nc(N)nc12. The maximum Gasteiger partial charge on any atom is 0.223 e. The van der Waals surface area contributed by atoms with Gasteiger partial charge in [-0.05, 0) is 11.6 Å². The molecule has 0 aliphatic carbocycles. The van der Waals surface area contributed by atoms with Gasteiger partial charge in [-0.2, -0.15) is 0 Å². The van der Waals surface area contributed by atoms with E-state index in [2.05, 4.69) is 33.1 Å². The molecular formula is C12H12ClN5. The Morgan fingerprint density at radius 2 is 1.50 bits per heavy atom. The van der Waals surface area contributed by atoms with Gasteiger partial charge in [-0.25, -0.2) is 19.9 Å². The van der Waals surface area contributed by atoms with E-state index in [1.54, 1.807) is 12.2 Å². The van der Waals surface area contributed by atoms with Crippen molar-refractivity contribution in [1.29, 1.82) is 0 Å². The maximum atomic E-state index is 5.90. The van der Waals surface area contributed by atoms with E-state index < -0.39 is 0 Å². The van der Waals surface area contributed by atoms with Crippen molar-refractivity contribution in [2.75, 3.05) is 5.73 Å². The van der Waals surface area contributed by atoms with Crippen molar-refractivity contribution in [1.82, 2.24) is 19.9 Å². The number of aromatic nitrogens is 4. The summed E-state index contributed by atoms with van der Waals surface area (Å²) >= 11 is 5.90. The van der Waals surface area contributed by atoms with Crippen molar-refractivity contribution in [3.8, 4) is 0 Å². The van der Waals surface area contributed by atoms with E-state index in [1.807, 2.05) is 0 Å². The van der Waals surface area contributed by atoms with Gasteiger partial charge in [0.1, 0.15) is 11.0 Å². The summed E-state index contributed by atoms with van der Waals surface area (Å²) < 4.78 is 0. The Morgan fingerprint density at radius 1 is 0.944 bits per heavy atom. The monoisotopic (exact) mass is 261 g/mol. The topological polar surface area (TPSA) is 77.6 Å². The van der Waals surface area contributed by atoms with Crippen LogP contribution in [0.2, 0.25) is 5.28 Å². The van der Waals surface area contributed by atoms with Gasteiger partial charge in [-0.3, -0.25) is 0 Å². The number of nitrogens with zero attached hydrogens (tertiary/aromatic N) is 4. The van der Waals surface area contributed by atoms with Crippen molar-refractivity contribution in [3.05, 3.63) is 42.0 Å². The average molecular weight is 262 g/mol. The van der Waals surface area contributed by atoms with Crippen LogP contribution in [-0.4, -0.2) is 19.9 Å². The molecule has 0 saturated heterocycles. The highest BCUT2D eigenvalue weighted by Crippen LogP contribution is 2.20. The summed E-state index contributed by atoms with van der Waals surface area (Å²) in [6.45, 7) is 7.36. The molecule has 5 nitrogen and oxygen atoms in total. The van der Waals surface area contributed by atoms with Crippen LogP contribution in [0.15, 0.2) is 25.3 Å². The third-order valence-corrected chi connectivity index (χ3v) is 2.52. The summed E-state index contributed by atoms with van der Waals surface area (Å²) in [5.74, 6) is 0.190. The second-order valence-electron chi connectivity index (χ2n) is 3.65. The number of nitrogens with two attached hydrogens (primary N) is 1. The molecule has 2 aromatic heterocycles. The molecule has 2 heterocycles. The fourth-order valence-electron chi connectivity index (χ4n) is 1.68. The van der Waals surface area contributed by atoms with Gasteiger partial charge in [0.05, 0.1) is 11.4 Å². The summed E-state index contributed by atoms with van der Waals surface area (Å²) in [4.78, 5) is 16.6. The zero-order valence-electron chi connectivity index (χ0n) is 9.73. The molecule has 0 radical (unpaired) electrons. The van der Waals surface area contributed by atoms with E-state index in [9.17, 15) is 0 Å². The molecule has 0 bridgehead atoms. The lowest BCUT2D eigenvalue weighted by molar-refractivity contribution is 1.03. The highest BCUT2D eigenvalue weighted by atomic mass is 35.5. The van der Waals surface area contributed by atoms with Crippen LogP contribution < -0.4 is 5.73 Å². The smallest absolute Gasteiger partial charge is 0.223 e. The number of allylic oxidation sites excluding steroid dienone is 2. The minimum atomic E-state index is 0.165. The fraction of sp³-hybridized carbons (Fsp3) is 0.167. The van der Waals surface area contributed by atoms with Crippen LogP contribution in [0.25, 0.3) is 11.0 Å². The van der Waals surface area contributed by atoms with E-state index in [0.717, 1.165) is 0 Å². The zero-order chi connectivity index (χ0) is 13.1. The predicted molar refractivity (Wildman–Crippen MR) is 72.4 cm³/mol. The van der Waals surface area contributed by atoms with Crippen molar-refractivity contribution >= 4 is 28.6 Å². The summed E-state index contributed by atoms with van der Waals surface area (Å²) in [5.41, 5.74) is 8.30. The number of halogens is 1. The summed E-state index contributed by atoms with van der Waals surface area (Å²) in [6.07, 6.45) is 4.54. The molecule has 0 aliphatic rings. The van der Waals surface area contributed by atoms with Crippen LogP contribution in [-0.2, 0) is 12.8 Å². The molecule has 0 unspecified atom stereocenters. The van der Waals surface area contributed by atoms with E-state index in [0.29, 0.717) is 35.3 Å². The summed E-state index contributed by atoms with van der Waals surface area (Å²) in [6, 6.07) is 0. The van der Waals surface area contributed by atoms with E-state index in [1.165, 1.54) is 0 Å². The molecule has 92 valence electrons. The summed E-state index contributed by atoms with van der Waals surface area (Å²) in [7, 11) is 0. The van der Waals surface area contributed by atoms with Gasteiger partial charge in [0.25, 0.3) is 0 Å². The lowest BCUT2D eigenvalue weighted by Crippen LogP contribution is -2.05. The van der Waals surface area contributed by atoms with Gasteiger partial charge < -0.3 is 5.73 Å². The Bertz CT molecular complexity index is 568.